The first-order chi connectivity index (χ1) is 12.1. The third kappa shape index (κ3) is 10.2. The number of hydrogen-bond acceptors (Lipinski definition) is 4. The Kier molecular flexibility index (Phi) is 14.4. The van der Waals surface area contributed by atoms with E-state index in [1.807, 2.05) is 6.20 Å². The van der Waals surface area contributed by atoms with Crippen LogP contribution in [-0.2, 0) is 11.3 Å². The molecule has 0 radical (unpaired) electrons. The fourth-order valence-electron chi connectivity index (χ4n) is 2.33. The molecule has 2 N–H and O–H groups in total. The Morgan fingerprint density at radius 1 is 1.19 bits per heavy atom. The fraction of sp³-hybridized carbons (Fsp3) is 0.684. The molecule has 1 heterocycles. The standard InChI is InChI=1S/C19H35N5O.HI/c1-6-24(7-2)18-9-8-17(14-22-18)15-23-19(20-5)21-11-13-25-12-10-16(3)4;/h8-9,14,16H,6-7,10-13,15H2,1-5H3,(H2,20,21,23);1H. The van der Waals surface area contributed by atoms with Crippen LogP contribution in [0.25, 0.3) is 0 Å². The summed E-state index contributed by atoms with van der Waals surface area (Å²) in [6.45, 7) is 13.6. The van der Waals surface area contributed by atoms with E-state index < -0.39 is 0 Å². The summed E-state index contributed by atoms with van der Waals surface area (Å²) in [5, 5.41) is 6.56. The molecule has 1 aromatic rings. The Morgan fingerprint density at radius 2 is 1.92 bits per heavy atom. The summed E-state index contributed by atoms with van der Waals surface area (Å²) in [6, 6.07) is 4.18. The van der Waals surface area contributed by atoms with Crippen LogP contribution in [0.3, 0.4) is 0 Å². The number of aromatic nitrogens is 1. The van der Waals surface area contributed by atoms with E-state index >= 15 is 0 Å². The molecule has 26 heavy (non-hydrogen) atoms. The zero-order chi connectivity index (χ0) is 18.5. The van der Waals surface area contributed by atoms with Gasteiger partial charge in [0.15, 0.2) is 5.96 Å². The molecular formula is C19H36IN5O. The second kappa shape index (κ2) is 15.0. The number of hydrogen-bond donors (Lipinski definition) is 2. The number of nitrogens with zero attached hydrogens (tertiary/aromatic N) is 3. The van der Waals surface area contributed by atoms with Crippen molar-refractivity contribution in [3.05, 3.63) is 23.9 Å². The van der Waals surface area contributed by atoms with Crippen LogP contribution < -0.4 is 15.5 Å². The summed E-state index contributed by atoms with van der Waals surface area (Å²) in [4.78, 5) is 11.0. The smallest absolute Gasteiger partial charge is 0.191 e. The summed E-state index contributed by atoms with van der Waals surface area (Å²) >= 11 is 0. The second-order valence-electron chi connectivity index (χ2n) is 6.34. The minimum absolute atomic E-state index is 0. The maximum atomic E-state index is 5.60. The highest BCUT2D eigenvalue weighted by Gasteiger charge is 2.04. The van der Waals surface area contributed by atoms with Crippen molar-refractivity contribution in [2.45, 2.75) is 40.7 Å². The van der Waals surface area contributed by atoms with E-state index in [0.717, 1.165) is 50.0 Å². The minimum atomic E-state index is 0. The van der Waals surface area contributed by atoms with Crippen molar-refractivity contribution in [1.82, 2.24) is 15.6 Å². The van der Waals surface area contributed by atoms with Crippen LogP contribution in [0.15, 0.2) is 23.3 Å². The Morgan fingerprint density at radius 3 is 2.46 bits per heavy atom. The minimum Gasteiger partial charge on any atom is -0.380 e. The van der Waals surface area contributed by atoms with Gasteiger partial charge in [-0.05, 0) is 37.8 Å². The lowest BCUT2D eigenvalue weighted by Crippen LogP contribution is -2.38. The maximum Gasteiger partial charge on any atom is 0.191 e. The van der Waals surface area contributed by atoms with Gasteiger partial charge in [0.1, 0.15) is 5.82 Å². The SMILES string of the molecule is CCN(CC)c1ccc(CNC(=NC)NCCOCCC(C)C)cn1.I. The highest BCUT2D eigenvalue weighted by molar-refractivity contribution is 14.0. The van der Waals surface area contributed by atoms with Crippen molar-refractivity contribution in [3.63, 3.8) is 0 Å². The number of ether oxygens (including phenoxy) is 1. The predicted molar refractivity (Wildman–Crippen MR) is 122 cm³/mol. The van der Waals surface area contributed by atoms with E-state index in [9.17, 15) is 0 Å². The Bertz CT molecular complexity index is 489. The van der Waals surface area contributed by atoms with Crippen LogP contribution in [-0.4, -0.2) is 50.8 Å². The fourth-order valence-corrected chi connectivity index (χ4v) is 2.33. The number of rotatable bonds is 11. The molecule has 1 rings (SSSR count). The van der Waals surface area contributed by atoms with Gasteiger partial charge in [0.05, 0.1) is 6.61 Å². The number of guanidine groups is 1. The molecule has 0 aliphatic rings. The van der Waals surface area contributed by atoms with Crippen LogP contribution in [0.2, 0.25) is 0 Å². The summed E-state index contributed by atoms with van der Waals surface area (Å²) in [7, 11) is 1.77. The summed E-state index contributed by atoms with van der Waals surface area (Å²) in [5.74, 6) is 2.49. The van der Waals surface area contributed by atoms with Crippen LogP contribution in [0.4, 0.5) is 5.82 Å². The highest BCUT2D eigenvalue weighted by Crippen LogP contribution is 2.10. The topological polar surface area (TPSA) is 61.8 Å². The van der Waals surface area contributed by atoms with Gasteiger partial charge in [-0.2, -0.15) is 0 Å². The molecule has 7 heteroatoms. The monoisotopic (exact) mass is 477 g/mol. The third-order valence-electron chi connectivity index (χ3n) is 3.96. The number of aliphatic imine (C=N–C) groups is 1. The molecule has 0 saturated carbocycles. The van der Waals surface area contributed by atoms with Gasteiger partial charge < -0.3 is 20.3 Å². The molecular weight excluding hydrogens is 441 g/mol. The molecule has 0 aromatic carbocycles. The molecule has 1 aromatic heterocycles. The number of halogens is 1. The first-order valence-electron chi connectivity index (χ1n) is 9.32. The zero-order valence-corrected chi connectivity index (χ0v) is 19.2. The van der Waals surface area contributed by atoms with Gasteiger partial charge in [0.2, 0.25) is 0 Å². The normalized spacial score (nSPS) is 11.2. The maximum absolute atomic E-state index is 5.60. The van der Waals surface area contributed by atoms with E-state index in [2.05, 4.69) is 65.3 Å². The van der Waals surface area contributed by atoms with Gasteiger partial charge in [-0.1, -0.05) is 19.9 Å². The highest BCUT2D eigenvalue weighted by atomic mass is 127. The van der Waals surface area contributed by atoms with Crippen LogP contribution in [0.5, 0.6) is 0 Å². The van der Waals surface area contributed by atoms with Gasteiger partial charge in [0, 0.05) is 46.0 Å². The van der Waals surface area contributed by atoms with Crippen LogP contribution in [0, 0.1) is 5.92 Å². The Hall–Kier alpha value is -1.09. The molecule has 0 amide bonds. The summed E-state index contributed by atoms with van der Waals surface area (Å²) in [5.41, 5.74) is 1.13. The lowest BCUT2D eigenvalue weighted by molar-refractivity contribution is 0.128. The molecule has 0 spiro atoms. The Balaban J connectivity index is 0.00000625. The summed E-state index contributed by atoms with van der Waals surface area (Å²) in [6.07, 6.45) is 3.02. The van der Waals surface area contributed by atoms with E-state index in [0.29, 0.717) is 19.1 Å². The van der Waals surface area contributed by atoms with Crippen LogP contribution in [0.1, 0.15) is 39.7 Å². The average Bonchev–Trinajstić information content (AvgIpc) is 2.62. The van der Waals surface area contributed by atoms with E-state index in [-0.39, 0.29) is 24.0 Å². The quantitative estimate of drug-likeness (QED) is 0.222. The van der Waals surface area contributed by atoms with Gasteiger partial charge in [-0.3, -0.25) is 4.99 Å². The van der Waals surface area contributed by atoms with E-state index in [1.165, 1.54) is 0 Å². The van der Waals surface area contributed by atoms with Gasteiger partial charge >= 0.3 is 0 Å². The van der Waals surface area contributed by atoms with E-state index in [1.54, 1.807) is 7.05 Å². The van der Waals surface area contributed by atoms with Crippen molar-refractivity contribution in [3.8, 4) is 0 Å². The van der Waals surface area contributed by atoms with Gasteiger partial charge in [-0.25, -0.2) is 4.98 Å². The third-order valence-corrected chi connectivity index (χ3v) is 3.96. The molecule has 0 saturated heterocycles. The van der Waals surface area contributed by atoms with Crippen LogP contribution >= 0.6 is 24.0 Å². The average molecular weight is 477 g/mol. The molecule has 0 aliphatic heterocycles. The lowest BCUT2D eigenvalue weighted by Gasteiger charge is -2.19. The molecule has 0 aliphatic carbocycles. The van der Waals surface area contributed by atoms with Crippen molar-refractivity contribution in [2.75, 3.05) is 44.8 Å². The molecule has 6 nitrogen and oxygen atoms in total. The second-order valence-corrected chi connectivity index (χ2v) is 6.34. The Labute approximate surface area is 176 Å². The predicted octanol–water partition coefficient (Wildman–Crippen LogP) is 3.27. The zero-order valence-electron chi connectivity index (χ0n) is 16.9. The van der Waals surface area contributed by atoms with Crippen molar-refractivity contribution in [2.24, 2.45) is 10.9 Å². The van der Waals surface area contributed by atoms with Gasteiger partial charge in [-0.15, -0.1) is 24.0 Å². The first-order valence-corrected chi connectivity index (χ1v) is 9.32. The summed E-state index contributed by atoms with van der Waals surface area (Å²) < 4.78 is 5.60. The first kappa shape index (κ1) is 24.9. The lowest BCUT2D eigenvalue weighted by atomic mass is 10.1. The number of nitrogens with one attached hydrogen (secondary N) is 2. The largest absolute Gasteiger partial charge is 0.380 e. The van der Waals surface area contributed by atoms with Crippen molar-refractivity contribution >= 4 is 35.8 Å². The van der Waals surface area contributed by atoms with Gasteiger partial charge in [0.25, 0.3) is 0 Å². The number of pyridine rings is 1. The molecule has 0 bridgehead atoms. The van der Waals surface area contributed by atoms with E-state index in [4.69, 9.17) is 4.74 Å². The molecule has 150 valence electrons. The van der Waals surface area contributed by atoms with Crippen molar-refractivity contribution < 1.29 is 4.74 Å². The molecule has 0 fully saturated rings. The molecule has 0 unspecified atom stereocenters. The number of anilines is 1. The molecule has 0 atom stereocenters. The van der Waals surface area contributed by atoms with Crippen molar-refractivity contribution in [1.29, 1.82) is 0 Å².